The molecule has 2 heterocycles. The third-order valence-electron chi connectivity index (χ3n) is 4.62. The van der Waals surface area contributed by atoms with Gasteiger partial charge < -0.3 is 5.32 Å². The van der Waals surface area contributed by atoms with E-state index in [4.69, 9.17) is 0 Å². The third kappa shape index (κ3) is 3.07. The summed E-state index contributed by atoms with van der Waals surface area (Å²) in [5.41, 5.74) is 0.806. The lowest BCUT2D eigenvalue weighted by molar-refractivity contribution is -0.141. The Labute approximate surface area is 151 Å². The number of alkyl halides is 3. The number of carbonyl (C=O) groups excluding carboxylic acids is 1. The molecule has 1 N–H and O–H groups in total. The summed E-state index contributed by atoms with van der Waals surface area (Å²) in [5.74, 6) is -0.734. The quantitative estimate of drug-likeness (QED) is 0.674. The molecule has 26 heavy (non-hydrogen) atoms. The van der Waals surface area contributed by atoms with E-state index in [2.05, 4.69) is 10.3 Å². The molecule has 1 atom stereocenters. The molecule has 1 aliphatic carbocycles. The van der Waals surface area contributed by atoms with E-state index in [1.807, 2.05) is 24.3 Å². The second kappa shape index (κ2) is 6.39. The number of benzene rings is 1. The number of pyridine rings is 1. The van der Waals surface area contributed by atoms with Crippen LogP contribution in [-0.4, -0.2) is 10.9 Å². The summed E-state index contributed by atoms with van der Waals surface area (Å²) >= 11 is 1.26. The van der Waals surface area contributed by atoms with Crippen molar-refractivity contribution in [2.24, 2.45) is 0 Å². The minimum Gasteiger partial charge on any atom is -0.345 e. The lowest BCUT2D eigenvalue weighted by atomic mass is 9.87. The van der Waals surface area contributed by atoms with E-state index in [-0.39, 0.29) is 11.6 Å². The van der Waals surface area contributed by atoms with Gasteiger partial charge in [-0.1, -0.05) is 24.3 Å². The van der Waals surface area contributed by atoms with Gasteiger partial charge in [-0.05, 0) is 47.9 Å². The van der Waals surface area contributed by atoms with Crippen LogP contribution in [-0.2, 0) is 12.6 Å². The number of aryl methyl sites for hydroxylation is 1. The van der Waals surface area contributed by atoms with Gasteiger partial charge >= 0.3 is 6.18 Å². The Morgan fingerprint density at radius 2 is 2.04 bits per heavy atom. The highest BCUT2D eigenvalue weighted by molar-refractivity contribution is 7.17. The van der Waals surface area contributed by atoms with Gasteiger partial charge in [-0.25, -0.2) is 4.98 Å². The van der Waals surface area contributed by atoms with Crippen molar-refractivity contribution >= 4 is 27.5 Å². The lowest BCUT2D eigenvalue weighted by Gasteiger charge is -2.26. The number of carbonyl (C=O) groups is 1. The Kier molecular flexibility index (Phi) is 4.19. The minimum atomic E-state index is -4.69. The van der Waals surface area contributed by atoms with Crippen molar-refractivity contribution in [3.63, 3.8) is 0 Å². The first-order valence-corrected chi connectivity index (χ1v) is 9.15. The summed E-state index contributed by atoms with van der Waals surface area (Å²) in [6, 6.07) is 10.3. The van der Waals surface area contributed by atoms with Gasteiger partial charge in [0.1, 0.15) is 0 Å². The molecule has 3 aromatic rings. The van der Waals surface area contributed by atoms with E-state index >= 15 is 0 Å². The first-order valence-electron chi connectivity index (χ1n) is 8.27. The number of thiophene rings is 1. The van der Waals surface area contributed by atoms with E-state index < -0.39 is 23.3 Å². The number of nitrogens with one attached hydrogen (secondary N) is 1. The van der Waals surface area contributed by atoms with Crippen molar-refractivity contribution in [1.29, 1.82) is 0 Å². The van der Waals surface area contributed by atoms with E-state index in [1.165, 1.54) is 23.5 Å². The second-order valence-corrected chi connectivity index (χ2v) is 7.25. The van der Waals surface area contributed by atoms with Crippen molar-refractivity contribution in [2.75, 3.05) is 0 Å². The highest BCUT2D eigenvalue weighted by Gasteiger charge is 2.38. The van der Waals surface area contributed by atoms with Gasteiger partial charge in [-0.15, -0.1) is 11.3 Å². The molecule has 0 fully saturated rings. The Hall–Kier alpha value is -2.41. The predicted octanol–water partition coefficient (Wildman–Crippen LogP) is 5.12. The molecular weight excluding hydrogens is 361 g/mol. The average molecular weight is 376 g/mol. The summed E-state index contributed by atoms with van der Waals surface area (Å²) in [6.07, 6.45) is -2.18. The molecule has 134 valence electrons. The highest BCUT2D eigenvalue weighted by Crippen LogP contribution is 2.35. The molecule has 0 radical (unpaired) electrons. The van der Waals surface area contributed by atoms with Gasteiger partial charge in [-0.2, -0.15) is 13.2 Å². The Morgan fingerprint density at radius 3 is 2.85 bits per heavy atom. The second-order valence-electron chi connectivity index (χ2n) is 6.30. The molecule has 0 spiro atoms. The van der Waals surface area contributed by atoms with Gasteiger partial charge in [-0.3, -0.25) is 4.79 Å². The van der Waals surface area contributed by atoms with E-state index in [0.717, 1.165) is 24.0 Å². The molecule has 1 aromatic carbocycles. The largest absolute Gasteiger partial charge is 0.434 e. The topological polar surface area (TPSA) is 42.0 Å². The van der Waals surface area contributed by atoms with Crippen LogP contribution in [0.5, 0.6) is 0 Å². The molecule has 2 aromatic heterocycles. The lowest BCUT2D eigenvalue weighted by Crippen LogP contribution is -2.32. The highest BCUT2D eigenvalue weighted by atomic mass is 32.1. The maximum Gasteiger partial charge on any atom is 0.434 e. The van der Waals surface area contributed by atoms with Gasteiger partial charge in [0, 0.05) is 0 Å². The standard InChI is InChI=1S/C19H15F3N2OS/c20-19(21,22)17-13(10-16-15(23-17)8-9-26-16)18(25)24-14-7-3-5-11-4-1-2-6-12(11)14/h1-2,4,6,8-10,14H,3,5,7H2,(H,24,25)/t14-/m1/s1. The number of halogens is 3. The third-order valence-corrected chi connectivity index (χ3v) is 5.48. The van der Waals surface area contributed by atoms with Crippen LogP contribution in [0.1, 0.15) is 46.1 Å². The summed E-state index contributed by atoms with van der Waals surface area (Å²) in [6.45, 7) is 0. The molecule has 0 saturated heterocycles. The summed E-state index contributed by atoms with van der Waals surface area (Å²) in [5, 5.41) is 4.45. The zero-order valence-electron chi connectivity index (χ0n) is 13.6. The first-order chi connectivity index (χ1) is 12.4. The zero-order valence-corrected chi connectivity index (χ0v) is 14.5. The molecule has 0 aliphatic heterocycles. The normalized spacial score (nSPS) is 17.1. The Morgan fingerprint density at radius 1 is 1.23 bits per heavy atom. The summed E-state index contributed by atoms with van der Waals surface area (Å²) in [7, 11) is 0. The van der Waals surface area contributed by atoms with E-state index in [9.17, 15) is 18.0 Å². The molecule has 0 bridgehead atoms. The van der Waals surface area contributed by atoms with Crippen LogP contribution in [0.25, 0.3) is 10.2 Å². The number of aromatic nitrogens is 1. The van der Waals surface area contributed by atoms with Gasteiger partial charge in [0.2, 0.25) is 0 Å². The fourth-order valence-electron chi connectivity index (χ4n) is 3.42. The molecule has 4 rings (SSSR count). The zero-order chi connectivity index (χ0) is 18.3. The van der Waals surface area contributed by atoms with Crippen LogP contribution in [0.15, 0.2) is 41.8 Å². The van der Waals surface area contributed by atoms with Crippen LogP contribution in [0.2, 0.25) is 0 Å². The van der Waals surface area contributed by atoms with E-state index in [0.29, 0.717) is 11.1 Å². The van der Waals surface area contributed by atoms with Crippen molar-refractivity contribution < 1.29 is 18.0 Å². The Balaban J connectivity index is 1.71. The summed E-state index contributed by atoms with van der Waals surface area (Å²) in [4.78, 5) is 16.4. The average Bonchev–Trinajstić information content (AvgIpc) is 3.08. The number of rotatable bonds is 2. The molecule has 0 saturated carbocycles. The van der Waals surface area contributed by atoms with Crippen molar-refractivity contribution in [1.82, 2.24) is 10.3 Å². The smallest absolute Gasteiger partial charge is 0.345 e. The fourth-order valence-corrected chi connectivity index (χ4v) is 4.19. The van der Waals surface area contributed by atoms with Crippen molar-refractivity contribution in [3.05, 3.63) is 64.2 Å². The molecule has 7 heteroatoms. The SMILES string of the molecule is O=C(N[C@@H]1CCCc2ccccc21)c1cc2sccc2nc1C(F)(F)F. The maximum absolute atomic E-state index is 13.4. The van der Waals surface area contributed by atoms with Crippen LogP contribution in [0.3, 0.4) is 0 Å². The first kappa shape index (κ1) is 17.0. The van der Waals surface area contributed by atoms with Crippen LogP contribution >= 0.6 is 11.3 Å². The minimum absolute atomic E-state index is 0.252. The molecule has 0 unspecified atom stereocenters. The summed E-state index contributed by atoms with van der Waals surface area (Å²) < 4.78 is 40.8. The van der Waals surface area contributed by atoms with Crippen LogP contribution < -0.4 is 5.32 Å². The van der Waals surface area contributed by atoms with Crippen LogP contribution in [0.4, 0.5) is 13.2 Å². The number of hydrogen-bond donors (Lipinski definition) is 1. The fraction of sp³-hybridized carbons (Fsp3) is 0.263. The predicted molar refractivity (Wildman–Crippen MR) is 94.2 cm³/mol. The monoisotopic (exact) mass is 376 g/mol. The molecule has 3 nitrogen and oxygen atoms in total. The maximum atomic E-state index is 13.4. The van der Waals surface area contributed by atoms with Gasteiger partial charge in [0.15, 0.2) is 5.69 Å². The molecule has 1 aliphatic rings. The van der Waals surface area contributed by atoms with Gasteiger partial charge in [0.05, 0.1) is 21.8 Å². The Bertz CT molecular complexity index is 980. The van der Waals surface area contributed by atoms with E-state index in [1.54, 1.807) is 5.38 Å². The number of fused-ring (bicyclic) bond motifs is 2. The molecule has 1 amide bonds. The van der Waals surface area contributed by atoms with Crippen LogP contribution in [0, 0.1) is 0 Å². The van der Waals surface area contributed by atoms with Crippen molar-refractivity contribution in [3.8, 4) is 0 Å². The number of nitrogens with zero attached hydrogens (tertiary/aromatic N) is 1. The molecular formula is C19H15F3N2OS. The van der Waals surface area contributed by atoms with Crippen molar-refractivity contribution in [2.45, 2.75) is 31.5 Å². The number of amides is 1. The van der Waals surface area contributed by atoms with Gasteiger partial charge in [0.25, 0.3) is 5.91 Å². The number of hydrogen-bond acceptors (Lipinski definition) is 3.